The van der Waals surface area contributed by atoms with E-state index >= 15 is 0 Å². The Morgan fingerprint density at radius 3 is 1.86 bits per heavy atom. The lowest BCUT2D eigenvalue weighted by atomic mass is 9.87. The number of carbonyl (C=O) groups is 3. The van der Waals surface area contributed by atoms with Crippen LogP contribution in [0.3, 0.4) is 0 Å². The number of anilines is 2. The number of nitrogens with one attached hydrogen (secondary N) is 2. The lowest BCUT2D eigenvalue weighted by Gasteiger charge is -2.26. The molecule has 72 heavy (non-hydrogen) atoms. The van der Waals surface area contributed by atoms with Gasteiger partial charge in [-0.1, -0.05) is 30.3 Å². The van der Waals surface area contributed by atoms with Crippen LogP contribution in [0, 0.1) is 0 Å². The van der Waals surface area contributed by atoms with Crippen molar-refractivity contribution in [2.75, 3.05) is 163 Å². The van der Waals surface area contributed by atoms with Gasteiger partial charge < -0.3 is 58.3 Å². The number of amides is 3. The van der Waals surface area contributed by atoms with Gasteiger partial charge in [0.05, 0.1) is 110 Å². The number of benzene rings is 3. The molecule has 2 N–H and O–H groups in total. The topological polar surface area (TPSA) is 172 Å². The number of pyridine rings is 1. The van der Waals surface area contributed by atoms with Gasteiger partial charge in [-0.25, -0.2) is 0 Å². The van der Waals surface area contributed by atoms with Crippen molar-refractivity contribution < 1.29 is 52.3 Å². The van der Waals surface area contributed by atoms with Crippen LogP contribution in [-0.2, 0) is 44.3 Å². The number of fused-ring (bicyclic) bond motifs is 1. The van der Waals surface area contributed by atoms with E-state index in [1.165, 1.54) is 5.56 Å². The van der Waals surface area contributed by atoms with Gasteiger partial charge in [0.2, 0.25) is 0 Å². The fourth-order valence-electron chi connectivity index (χ4n) is 8.20. The van der Waals surface area contributed by atoms with E-state index in [1.807, 2.05) is 30.3 Å². The molecule has 0 saturated carbocycles. The van der Waals surface area contributed by atoms with Crippen molar-refractivity contribution in [3.63, 3.8) is 0 Å². The van der Waals surface area contributed by atoms with Crippen molar-refractivity contribution in [3.8, 4) is 11.3 Å². The molecule has 3 aromatic carbocycles. The number of ether oxygens (including phenoxy) is 8. The lowest BCUT2D eigenvalue weighted by molar-refractivity contribution is -0.0198. The van der Waals surface area contributed by atoms with Crippen molar-refractivity contribution in [1.29, 1.82) is 0 Å². The van der Waals surface area contributed by atoms with Crippen LogP contribution in [-0.4, -0.2) is 186 Å². The molecule has 5 rings (SSSR count). The van der Waals surface area contributed by atoms with Crippen molar-refractivity contribution in [2.24, 2.45) is 0 Å². The van der Waals surface area contributed by atoms with Crippen LogP contribution < -0.4 is 15.5 Å². The van der Waals surface area contributed by atoms with Crippen molar-refractivity contribution in [3.05, 3.63) is 113 Å². The second-order valence-corrected chi connectivity index (χ2v) is 17.2. The minimum Gasteiger partial charge on any atom is -0.383 e. The second-order valence-electron chi connectivity index (χ2n) is 17.2. The summed E-state index contributed by atoms with van der Waals surface area (Å²) < 4.78 is 43.6. The van der Waals surface area contributed by atoms with Crippen LogP contribution in [0.15, 0.2) is 85.1 Å². The zero-order valence-corrected chi connectivity index (χ0v) is 43.2. The minimum atomic E-state index is -0.380. The molecule has 1 aliphatic carbocycles. The SMILES string of the molecule is CCN(CC)c1ccc(NC(=O)c2cccc(C(=O)N(C)CCN(CCOC)CCOCCOCCOCCOCCOCCOCCOC)c2)c(-c2cc(C(=O)N[C@H]3CCCc4ccccc43)ccn2)c1. The molecule has 0 fully saturated rings. The molecule has 0 spiro atoms. The van der Waals surface area contributed by atoms with Crippen LogP contribution >= 0.6 is 0 Å². The Kier molecular flexibility index (Phi) is 26.7. The number of likely N-dealkylation sites (N-methyl/N-ethyl adjacent to an activating group) is 1. The molecule has 17 nitrogen and oxygen atoms in total. The number of nitrogens with zero attached hydrogens (tertiary/aromatic N) is 4. The number of hydrogen-bond donors (Lipinski definition) is 2. The van der Waals surface area contributed by atoms with Gasteiger partial charge in [-0.3, -0.25) is 24.3 Å². The maximum absolute atomic E-state index is 14.0. The van der Waals surface area contributed by atoms with Crippen LogP contribution in [0.4, 0.5) is 11.4 Å². The van der Waals surface area contributed by atoms with Crippen LogP contribution in [0.1, 0.15) is 74.9 Å². The highest BCUT2D eigenvalue weighted by molar-refractivity contribution is 6.08. The number of hydrogen-bond acceptors (Lipinski definition) is 14. The number of methoxy groups -OCH3 is 2. The Morgan fingerprint density at radius 2 is 1.21 bits per heavy atom. The fraction of sp³-hybridized carbons (Fsp3) is 0.527. The first-order valence-electron chi connectivity index (χ1n) is 25.3. The summed E-state index contributed by atoms with van der Waals surface area (Å²) in [5.41, 5.74) is 6.34. The molecule has 0 saturated heterocycles. The number of aryl methyl sites for hydroxylation is 1. The van der Waals surface area contributed by atoms with Gasteiger partial charge in [-0.15, -0.1) is 0 Å². The highest BCUT2D eigenvalue weighted by atomic mass is 16.6. The number of carbonyl (C=O) groups excluding carboxylic acids is 3. The molecule has 3 amide bonds. The number of rotatable bonds is 36. The normalized spacial score (nSPS) is 13.2. The molecule has 0 aliphatic heterocycles. The molecule has 1 heterocycles. The third kappa shape index (κ3) is 19.6. The van der Waals surface area contributed by atoms with E-state index < -0.39 is 0 Å². The summed E-state index contributed by atoms with van der Waals surface area (Å²) in [6.45, 7) is 15.1. The summed E-state index contributed by atoms with van der Waals surface area (Å²) >= 11 is 0. The van der Waals surface area contributed by atoms with E-state index in [9.17, 15) is 14.4 Å². The van der Waals surface area contributed by atoms with Gasteiger partial charge in [0.15, 0.2) is 0 Å². The summed E-state index contributed by atoms with van der Waals surface area (Å²) in [7, 11) is 5.06. The van der Waals surface area contributed by atoms with Gasteiger partial charge in [0, 0.05) is 94.7 Å². The van der Waals surface area contributed by atoms with Gasteiger partial charge in [0.1, 0.15) is 0 Å². The van der Waals surface area contributed by atoms with E-state index in [2.05, 4.69) is 46.4 Å². The lowest BCUT2D eigenvalue weighted by Crippen LogP contribution is -2.39. The zero-order chi connectivity index (χ0) is 51.2. The van der Waals surface area contributed by atoms with E-state index in [0.29, 0.717) is 152 Å². The van der Waals surface area contributed by atoms with E-state index in [0.717, 1.165) is 43.6 Å². The summed E-state index contributed by atoms with van der Waals surface area (Å²) in [5, 5.41) is 6.35. The second kappa shape index (κ2) is 33.4. The van der Waals surface area contributed by atoms with E-state index in [1.54, 1.807) is 68.8 Å². The van der Waals surface area contributed by atoms with E-state index in [4.69, 9.17) is 42.9 Å². The molecule has 1 aromatic heterocycles. The van der Waals surface area contributed by atoms with Crippen LogP contribution in [0.25, 0.3) is 11.3 Å². The van der Waals surface area contributed by atoms with Crippen molar-refractivity contribution >= 4 is 29.1 Å². The predicted molar refractivity (Wildman–Crippen MR) is 279 cm³/mol. The summed E-state index contributed by atoms with van der Waals surface area (Å²) in [4.78, 5) is 52.3. The Labute approximate surface area is 426 Å². The Balaban J connectivity index is 1.07. The summed E-state index contributed by atoms with van der Waals surface area (Å²) in [6.07, 6.45) is 4.51. The Bertz CT molecular complexity index is 2210. The summed E-state index contributed by atoms with van der Waals surface area (Å²) in [5.74, 6) is -0.768. The fourth-order valence-corrected chi connectivity index (χ4v) is 8.20. The molecule has 0 bridgehead atoms. The molecule has 0 radical (unpaired) electrons. The first-order chi connectivity index (χ1) is 35.3. The molecule has 394 valence electrons. The quantitative estimate of drug-likeness (QED) is 0.0479. The molecule has 17 heteroatoms. The zero-order valence-electron chi connectivity index (χ0n) is 43.2. The maximum Gasteiger partial charge on any atom is 0.255 e. The standard InChI is InChI=1S/C55H78N6O11/c1-6-61(7-2)47-18-19-51(49(42-47)52-41-45(20-21-56-52)54(63)57-50-17-11-13-43-12-8-9-16-48(43)50)58-53(62)44-14-10-15-46(40-44)55(64)59(3)22-23-60(24-26-65-4)25-27-67-30-31-69-34-35-71-38-39-72-37-36-70-33-32-68-29-28-66-5/h8-10,12,14-16,18-21,40-42,50H,6-7,11,13,17,22-39H2,1-5H3,(H,57,63)(H,58,62)/t50-/m0/s1. The van der Waals surface area contributed by atoms with Gasteiger partial charge in [-0.2, -0.15) is 0 Å². The molecular weight excluding hydrogens is 921 g/mol. The van der Waals surface area contributed by atoms with Crippen molar-refractivity contribution in [1.82, 2.24) is 20.1 Å². The Morgan fingerprint density at radius 1 is 0.611 bits per heavy atom. The monoisotopic (exact) mass is 999 g/mol. The Hall–Kier alpha value is -5.34. The maximum atomic E-state index is 14.0. The van der Waals surface area contributed by atoms with Crippen LogP contribution in [0.2, 0.25) is 0 Å². The average Bonchev–Trinajstić information content (AvgIpc) is 3.41. The number of aromatic nitrogens is 1. The van der Waals surface area contributed by atoms with Gasteiger partial charge in [0.25, 0.3) is 17.7 Å². The van der Waals surface area contributed by atoms with Gasteiger partial charge >= 0.3 is 0 Å². The van der Waals surface area contributed by atoms with Crippen molar-refractivity contribution in [2.45, 2.75) is 39.2 Å². The molecule has 4 aromatic rings. The van der Waals surface area contributed by atoms with E-state index in [-0.39, 0.29) is 23.8 Å². The first-order valence-corrected chi connectivity index (χ1v) is 25.3. The third-order valence-electron chi connectivity index (χ3n) is 12.3. The molecule has 1 aliphatic rings. The first kappa shape index (κ1) is 57.6. The largest absolute Gasteiger partial charge is 0.383 e. The molecular formula is C55H78N6O11. The van der Waals surface area contributed by atoms with Crippen LogP contribution in [0.5, 0.6) is 0 Å². The molecule has 1 atom stereocenters. The molecule has 0 unspecified atom stereocenters. The highest BCUT2D eigenvalue weighted by Gasteiger charge is 2.23. The third-order valence-corrected chi connectivity index (χ3v) is 12.3. The average molecular weight is 999 g/mol. The predicted octanol–water partition coefficient (Wildman–Crippen LogP) is 6.42. The van der Waals surface area contributed by atoms with Gasteiger partial charge in [-0.05, 0) is 92.8 Å². The minimum absolute atomic E-state index is 0.0723. The smallest absolute Gasteiger partial charge is 0.255 e. The highest BCUT2D eigenvalue weighted by Crippen LogP contribution is 2.33. The summed E-state index contributed by atoms with van der Waals surface area (Å²) in [6, 6.07) is 24.3.